The molecule has 0 unspecified atom stereocenters. The second kappa shape index (κ2) is 7.22. The number of pyridine rings is 1. The predicted molar refractivity (Wildman–Crippen MR) is 94.8 cm³/mol. The Balaban J connectivity index is 1.68. The summed E-state index contributed by atoms with van der Waals surface area (Å²) < 4.78 is 5.12. The first-order valence-electron chi connectivity index (χ1n) is 8.18. The first kappa shape index (κ1) is 16.8. The lowest BCUT2D eigenvalue weighted by molar-refractivity contribution is 0.0746. The molecule has 1 aromatic carbocycles. The second-order valence-corrected chi connectivity index (χ2v) is 5.94. The molecule has 128 valence electrons. The van der Waals surface area contributed by atoms with Crippen LogP contribution >= 0.6 is 0 Å². The number of amides is 1. The molecule has 3 rings (SSSR count). The van der Waals surface area contributed by atoms with Crippen LogP contribution in [0, 0.1) is 18.3 Å². The molecule has 0 radical (unpaired) electrons. The molecule has 2 heterocycles. The number of ether oxygens (including phenoxy) is 1. The third-order valence-electron chi connectivity index (χ3n) is 4.34. The quantitative estimate of drug-likeness (QED) is 0.860. The van der Waals surface area contributed by atoms with Crippen LogP contribution in [0.3, 0.4) is 0 Å². The first-order valence-corrected chi connectivity index (χ1v) is 8.18. The molecule has 0 atom stereocenters. The molecule has 6 heteroatoms. The van der Waals surface area contributed by atoms with Crippen molar-refractivity contribution in [2.45, 2.75) is 6.92 Å². The van der Waals surface area contributed by atoms with Crippen LogP contribution < -0.4 is 9.64 Å². The van der Waals surface area contributed by atoms with Gasteiger partial charge >= 0.3 is 0 Å². The third kappa shape index (κ3) is 3.56. The maximum atomic E-state index is 12.6. The first-order chi connectivity index (χ1) is 12.1. The van der Waals surface area contributed by atoms with E-state index in [9.17, 15) is 10.1 Å². The Bertz CT molecular complexity index is 803. The van der Waals surface area contributed by atoms with E-state index in [4.69, 9.17) is 4.74 Å². The summed E-state index contributed by atoms with van der Waals surface area (Å²) in [6.07, 6.45) is 0. The molecule has 6 nitrogen and oxygen atoms in total. The summed E-state index contributed by atoms with van der Waals surface area (Å²) in [6, 6.07) is 13.0. The third-order valence-corrected chi connectivity index (χ3v) is 4.34. The molecule has 0 N–H and O–H groups in total. The lowest BCUT2D eigenvalue weighted by Gasteiger charge is -2.35. The molecular weight excluding hydrogens is 316 g/mol. The second-order valence-electron chi connectivity index (χ2n) is 5.94. The Morgan fingerprint density at radius 2 is 1.80 bits per heavy atom. The number of rotatable bonds is 3. The summed E-state index contributed by atoms with van der Waals surface area (Å²) in [5, 5.41) is 9.28. The molecule has 0 saturated carbocycles. The van der Waals surface area contributed by atoms with Gasteiger partial charge in [0.25, 0.3) is 5.91 Å². The monoisotopic (exact) mass is 336 g/mol. The average Bonchev–Trinajstić information content (AvgIpc) is 2.67. The Labute approximate surface area is 147 Å². The number of carbonyl (C=O) groups excluding carboxylic acids is 1. The van der Waals surface area contributed by atoms with Crippen LogP contribution in [-0.4, -0.2) is 49.1 Å². The predicted octanol–water partition coefficient (Wildman–Crippen LogP) is 2.23. The Hall–Kier alpha value is -3.07. The lowest BCUT2D eigenvalue weighted by Crippen LogP contribution is -2.49. The number of hydrogen-bond acceptors (Lipinski definition) is 5. The molecule has 2 aromatic rings. The van der Waals surface area contributed by atoms with Crippen LogP contribution in [-0.2, 0) is 0 Å². The zero-order chi connectivity index (χ0) is 17.8. The molecule has 1 fully saturated rings. The molecule has 1 aliphatic heterocycles. The van der Waals surface area contributed by atoms with Gasteiger partial charge in [0.15, 0.2) is 0 Å². The number of nitriles is 1. The summed E-state index contributed by atoms with van der Waals surface area (Å²) in [5.41, 5.74) is 2.10. The van der Waals surface area contributed by atoms with Crippen molar-refractivity contribution in [2.75, 3.05) is 38.2 Å². The van der Waals surface area contributed by atoms with Gasteiger partial charge < -0.3 is 14.5 Å². The number of benzene rings is 1. The Kier molecular flexibility index (Phi) is 4.85. The van der Waals surface area contributed by atoms with Gasteiger partial charge in [-0.25, -0.2) is 4.98 Å². The van der Waals surface area contributed by atoms with Crippen LogP contribution in [0.25, 0.3) is 0 Å². The van der Waals surface area contributed by atoms with E-state index in [-0.39, 0.29) is 5.91 Å². The lowest BCUT2D eigenvalue weighted by atomic mass is 10.1. The zero-order valence-electron chi connectivity index (χ0n) is 14.4. The molecule has 0 aliphatic carbocycles. The van der Waals surface area contributed by atoms with Gasteiger partial charge in [0.05, 0.1) is 12.7 Å². The standard InChI is InChI=1S/C19H20N4O2/c1-14-3-4-16(13-20)18(21-14)22-9-11-23(12-10-22)19(24)15-5-7-17(25-2)8-6-15/h3-8H,9-12H2,1-2H3. The maximum absolute atomic E-state index is 12.6. The molecule has 1 amide bonds. The van der Waals surface area contributed by atoms with Crippen molar-refractivity contribution in [2.24, 2.45) is 0 Å². The van der Waals surface area contributed by atoms with Gasteiger partial charge in [0.1, 0.15) is 17.6 Å². The van der Waals surface area contributed by atoms with Crippen molar-refractivity contribution in [1.29, 1.82) is 5.26 Å². The van der Waals surface area contributed by atoms with Gasteiger partial charge in [-0.15, -0.1) is 0 Å². The van der Waals surface area contributed by atoms with Crippen molar-refractivity contribution in [3.63, 3.8) is 0 Å². The van der Waals surface area contributed by atoms with Gasteiger partial charge in [-0.1, -0.05) is 0 Å². The van der Waals surface area contributed by atoms with Gasteiger partial charge in [-0.3, -0.25) is 4.79 Å². The summed E-state index contributed by atoms with van der Waals surface area (Å²) >= 11 is 0. The fraction of sp³-hybridized carbons (Fsp3) is 0.316. The fourth-order valence-corrected chi connectivity index (χ4v) is 2.91. The van der Waals surface area contributed by atoms with E-state index < -0.39 is 0 Å². The largest absolute Gasteiger partial charge is 0.497 e. The van der Waals surface area contributed by atoms with Crippen LogP contribution in [0.15, 0.2) is 36.4 Å². The highest BCUT2D eigenvalue weighted by Gasteiger charge is 2.24. The highest BCUT2D eigenvalue weighted by molar-refractivity contribution is 5.94. The van der Waals surface area contributed by atoms with E-state index in [1.807, 2.05) is 17.9 Å². The van der Waals surface area contributed by atoms with E-state index >= 15 is 0 Å². The number of anilines is 1. The van der Waals surface area contributed by atoms with Crippen molar-refractivity contribution < 1.29 is 9.53 Å². The van der Waals surface area contributed by atoms with Crippen LogP contribution in [0.5, 0.6) is 5.75 Å². The highest BCUT2D eigenvalue weighted by Crippen LogP contribution is 2.20. The van der Waals surface area contributed by atoms with Gasteiger partial charge in [0, 0.05) is 37.4 Å². The number of aryl methyl sites for hydroxylation is 1. The minimum Gasteiger partial charge on any atom is -0.497 e. The molecular formula is C19H20N4O2. The maximum Gasteiger partial charge on any atom is 0.253 e. The van der Waals surface area contributed by atoms with E-state index in [1.165, 1.54) is 0 Å². The van der Waals surface area contributed by atoms with E-state index in [1.54, 1.807) is 37.4 Å². The van der Waals surface area contributed by atoms with Gasteiger partial charge in [0.2, 0.25) is 0 Å². The number of methoxy groups -OCH3 is 1. The number of aromatic nitrogens is 1. The molecule has 25 heavy (non-hydrogen) atoms. The van der Waals surface area contributed by atoms with Crippen LogP contribution in [0.1, 0.15) is 21.6 Å². The normalized spacial score (nSPS) is 14.1. The van der Waals surface area contributed by atoms with Gasteiger partial charge in [-0.05, 0) is 43.3 Å². The fourth-order valence-electron chi connectivity index (χ4n) is 2.91. The van der Waals surface area contributed by atoms with Crippen molar-refractivity contribution in [3.05, 3.63) is 53.2 Å². The SMILES string of the molecule is COc1ccc(C(=O)N2CCN(c3nc(C)ccc3C#N)CC2)cc1. The summed E-state index contributed by atoms with van der Waals surface area (Å²) in [6.45, 7) is 4.44. The van der Waals surface area contributed by atoms with E-state index in [0.29, 0.717) is 43.1 Å². The number of piperazine rings is 1. The Morgan fingerprint density at radius 3 is 2.40 bits per heavy atom. The molecule has 1 aliphatic rings. The average molecular weight is 336 g/mol. The van der Waals surface area contributed by atoms with Crippen molar-refractivity contribution in [1.82, 2.24) is 9.88 Å². The minimum absolute atomic E-state index is 0.0139. The number of carbonyl (C=O) groups is 1. The minimum atomic E-state index is 0.0139. The number of hydrogen-bond donors (Lipinski definition) is 0. The van der Waals surface area contributed by atoms with Crippen molar-refractivity contribution in [3.8, 4) is 11.8 Å². The molecule has 0 spiro atoms. The highest BCUT2D eigenvalue weighted by atomic mass is 16.5. The molecule has 0 bridgehead atoms. The Morgan fingerprint density at radius 1 is 1.12 bits per heavy atom. The smallest absolute Gasteiger partial charge is 0.253 e. The van der Waals surface area contributed by atoms with Crippen LogP contribution in [0.4, 0.5) is 5.82 Å². The topological polar surface area (TPSA) is 69.5 Å². The van der Waals surface area contributed by atoms with E-state index in [0.717, 1.165) is 11.4 Å². The van der Waals surface area contributed by atoms with Crippen molar-refractivity contribution >= 4 is 11.7 Å². The molecule has 1 saturated heterocycles. The van der Waals surface area contributed by atoms with E-state index in [2.05, 4.69) is 16.0 Å². The van der Waals surface area contributed by atoms with Crippen LogP contribution in [0.2, 0.25) is 0 Å². The summed E-state index contributed by atoms with van der Waals surface area (Å²) in [7, 11) is 1.60. The summed E-state index contributed by atoms with van der Waals surface area (Å²) in [4.78, 5) is 21.0. The van der Waals surface area contributed by atoms with Gasteiger partial charge in [-0.2, -0.15) is 5.26 Å². The molecule has 1 aromatic heterocycles. The summed E-state index contributed by atoms with van der Waals surface area (Å²) in [5.74, 6) is 1.45. The number of nitrogens with zero attached hydrogens (tertiary/aromatic N) is 4. The zero-order valence-corrected chi connectivity index (χ0v) is 14.4.